The third kappa shape index (κ3) is 3.39. The van der Waals surface area contributed by atoms with E-state index in [9.17, 15) is 0 Å². The maximum atomic E-state index is 5.68. The van der Waals surface area contributed by atoms with Crippen LogP contribution in [-0.2, 0) is 0 Å². The second-order valence-electron chi connectivity index (χ2n) is 5.10. The van der Waals surface area contributed by atoms with Crippen molar-refractivity contribution >= 4 is 0 Å². The van der Waals surface area contributed by atoms with E-state index in [0.717, 1.165) is 24.2 Å². The summed E-state index contributed by atoms with van der Waals surface area (Å²) < 4.78 is 1.84. The average molecular weight is 259 g/mol. The van der Waals surface area contributed by atoms with Crippen molar-refractivity contribution < 1.29 is 0 Å². The van der Waals surface area contributed by atoms with Gasteiger partial charge in [-0.25, -0.2) is 4.68 Å². The van der Waals surface area contributed by atoms with Gasteiger partial charge in [-0.05, 0) is 30.9 Å². The maximum Gasteiger partial charge on any atom is 0.0828 e. The van der Waals surface area contributed by atoms with Gasteiger partial charge in [0.15, 0.2) is 0 Å². The number of para-hydroxylation sites is 1. The highest BCUT2D eigenvalue weighted by Crippen LogP contribution is 2.21. The number of rotatable bonds is 6. The predicted molar refractivity (Wildman–Crippen MR) is 75.5 cm³/mol. The van der Waals surface area contributed by atoms with E-state index in [0.29, 0.717) is 5.92 Å². The molecule has 3 N–H and O–H groups in total. The van der Waals surface area contributed by atoms with Gasteiger partial charge in [0.2, 0.25) is 0 Å². The number of nitrogens with two attached hydrogens (primary N) is 1. The number of benzene rings is 1. The van der Waals surface area contributed by atoms with E-state index in [2.05, 4.69) is 29.6 Å². The van der Waals surface area contributed by atoms with Crippen molar-refractivity contribution in [1.82, 2.24) is 20.4 Å². The smallest absolute Gasteiger partial charge is 0.0828 e. The van der Waals surface area contributed by atoms with Crippen molar-refractivity contribution in [3.05, 3.63) is 42.2 Å². The summed E-state index contributed by atoms with van der Waals surface area (Å²) in [5, 5.41) is 8.17. The van der Waals surface area contributed by atoms with Crippen LogP contribution in [0.1, 0.15) is 38.4 Å². The molecule has 0 saturated carbocycles. The molecule has 2 rings (SSSR count). The molecule has 0 fully saturated rings. The molecule has 0 aliphatic rings. The van der Waals surface area contributed by atoms with Gasteiger partial charge >= 0.3 is 0 Å². The van der Waals surface area contributed by atoms with Gasteiger partial charge in [0.05, 0.1) is 23.6 Å². The van der Waals surface area contributed by atoms with Gasteiger partial charge in [-0.1, -0.05) is 37.3 Å². The first kappa shape index (κ1) is 13.7. The molecule has 0 spiro atoms. The van der Waals surface area contributed by atoms with Crippen molar-refractivity contribution in [2.45, 2.75) is 32.7 Å². The van der Waals surface area contributed by atoms with Crippen molar-refractivity contribution in [3.63, 3.8) is 0 Å². The Labute approximate surface area is 113 Å². The number of nitrogens with zero attached hydrogens (tertiary/aromatic N) is 3. The maximum absolute atomic E-state index is 5.68. The first-order valence-corrected chi connectivity index (χ1v) is 6.64. The second kappa shape index (κ2) is 6.45. The average Bonchev–Trinajstić information content (AvgIpc) is 2.89. The molecule has 1 aromatic carbocycles. The van der Waals surface area contributed by atoms with Crippen LogP contribution in [0.15, 0.2) is 36.5 Å². The molecule has 0 aliphatic carbocycles. The normalized spacial score (nSPS) is 12.8. The summed E-state index contributed by atoms with van der Waals surface area (Å²) >= 11 is 0. The summed E-state index contributed by atoms with van der Waals surface area (Å²) in [6.07, 6.45) is 3.85. The standard InChI is InChI=1S/C14H21N5/c1-11(2)8-9-13(17-15)14-10-16-18-19(14)12-6-4-3-5-7-12/h3-7,10-11,13,17H,8-9,15H2,1-2H3. The van der Waals surface area contributed by atoms with Gasteiger partial charge in [-0.15, -0.1) is 5.10 Å². The summed E-state index contributed by atoms with van der Waals surface area (Å²) in [5.74, 6) is 6.33. The lowest BCUT2D eigenvalue weighted by molar-refractivity contribution is 0.434. The fourth-order valence-electron chi connectivity index (χ4n) is 2.07. The van der Waals surface area contributed by atoms with E-state index in [4.69, 9.17) is 5.84 Å². The summed E-state index contributed by atoms with van der Waals surface area (Å²) in [5.41, 5.74) is 4.86. The van der Waals surface area contributed by atoms with Crippen LogP contribution in [0.3, 0.4) is 0 Å². The monoisotopic (exact) mass is 259 g/mol. The molecule has 5 heteroatoms. The highest BCUT2D eigenvalue weighted by molar-refractivity contribution is 5.32. The summed E-state index contributed by atoms with van der Waals surface area (Å²) in [6, 6.07) is 10.0. The first-order chi connectivity index (χ1) is 9.22. The number of nitrogens with one attached hydrogen (secondary N) is 1. The minimum atomic E-state index is 0.0672. The zero-order valence-electron chi connectivity index (χ0n) is 11.5. The zero-order valence-corrected chi connectivity index (χ0v) is 11.5. The Balaban J connectivity index is 2.22. The molecule has 0 amide bonds. The lowest BCUT2D eigenvalue weighted by Gasteiger charge is -2.17. The minimum absolute atomic E-state index is 0.0672. The SMILES string of the molecule is CC(C)CCC(NN)c1cnnn1-c1ccccc1. The Morgan fingerprint density at radius 3 is 2.58 bits per heavy atom. The molecule has 0 bridgehead atoms. The quantitative estimate of drug-likeness (QED) is 0.616. The molecule has 1 heterocycles. The van der Waals surface area contributed by atoms with Crippen LogP contribution in [0, 0.1) is 5.92 Å². The number of aromatic nitrogens is 3. The molecule has 0 saturated heterocycles. The van der Waals surface area contributed by atoms with E-state index >= 15 is 0 Å². The second-order valence-corrected chi connectivity index (χ2v) is 5.10. The molecule has 19 heavy (non-hydrogen) atoms. The van der Waals surface area contributed by atoms with Gasteiger partial charge in [-0.2, -0.15) is 0 Å². The van der Waals surface area contributed by atoms with Crippen LogP contribution >= 0.6 is 0 Å². The van der Waals surface area contributed by atoms with Crippen LogP contribution in [0.4, 0.5) is 0 Å². The largest absolute Gasteiger partial charge is 0.271 e. The fourth-order valence-corrected chi connectivity index (χ4v) is 2.07. The summed E-state index contributed by atoms with van der Waals surface area (Å²) in [6.45, 7) is 4.42. The lowest BCUT2D eigenvalue weighted by Crippen LogP contribution is -2.30. The van der Waals surface area contributed by atoms with E-state index in [1.54, 1.807) is 6.20 Å². The van der Waals surface area contributed by atoms with Crippen LogP contribution in [0.5, 0.6) is 0 Å². The van der Waals surface area contributed by atoms with Crippen LogP contribution < -0.4 is 11.3 Å². The van der Waals surface area contributed by atoms with Gasteiger partial charge in [-0.3, -0.25) is 11.3 Å². The highest BCUT2D eigenvalue weighted by atomic mass is 15.4. The Morgan fingerprint density at radius 2 is 1.95 bits per heavy atom. The van der Waals surface area contributed by atoms with Gasteiger partial charge in [0.1, 0.15) is 0 Å². The molecule has 1 aromatic heterocycles. The molecule has 5 nitrogen and oxygen atoms in total. The number of hydrogen-bond donors (Lipinski definition) is 2. The number of hydrazine groups is 1. The van der Waals surface area contributed by atoms with E-state index in [-0.39, 0.29) is 6.04 Å². The molecular formula is C14H21N5. The van der Waals surface area contributed by atoms with Crippen LogP contribution in [0.2, 0.25) is 0 Å². The lowest BCUT2D eigenvalue weighted by atomic mass is 10.0. The van der Waals surface area contributed by atoms with Gasteiger partial charge in [0, 0.05) is 0 Å². The first-order valence-electron chi connectivity index (χ1n) is 6.64. The molecule has 1 atom stereocenters. The number of hydrogen-bond acceptors (Lipinski definition) is 4. The third-order valence-electron chi connectivity index (χ3n) is 3.17. The molecule has 2 aromatic rings. The van der Waals surface area contributed by atoms with E-state index < -0.39 is 0 Å². The third-order valence-corrected chi connectivity index (χ3v) is 3.17. The minimum Gasteiger partial charge on any atom is -0.271 e. The summed E-state index contributed by atoms with van der Waals surface area (Å²) in [7, 11) is 0. The zero-order chi connectivity index (χ0) is 13.7. The van der Waals surface area contributed by atoms with Crippen molar-refractivity contribution in [1.29, 1.82) is 0 Å². The van der Waals surface area contributed by atoms with Crippen molar-refractivity contribution in [2.24, 2.45) is 11.8 Å². The van der Waals surface area contributed by atoms with E-state index in [1.165, 1.54) is 0 Å². The van der Waals surface area contributed by atoms with Crippen molar-refractivity contribution in [3.8, 4) is 5.69 Å². The van der Waals surface area contributed by atoms with Gasteiger partial charge < -0.3 is 0 Å². The Kier molecular flexibility index (Phi) is 4.65. The van der Waals surface area contributed by atoms with Gasteiger partial charge in [0.25, 0.3) is 0 Å². The molecule has 0 aliphatic heterocycles. The van der Waals surface area contributed by atoms with Crippen molar-refractivity contribution in [2.75, 3.05) is 0 Å². The predicted octanol–water partition coefficient (Wildman–Crippen LogP) is 2.21. The van der Waals surface area contributed by atoms with E-state index in [1.807, 2.05) is 35.0 Å². The molecular weight excluding hydrogens is 238 g/mol. The fraction of sp³-hybridized carbons (Fsp3) is 0.429. The topological polar surface area (TPSA) is 68.8 Å². The van der Waals surface area contributed by atoms with Crippen LogP contribution in [0.25, 0.3) is 5.69 Å². The summed E-state index contributed by atoms with van der Waals surface area (Å²) in [4.78, 5) is 0. The molecule has 1 unspecified atom stereocenters. The highest BCUT2D eigenvalue weighted by Gasteiger charge is 2.17. The molecule has 102 valence electrons. The van der Waals surface area contributed by atoms with Crippen LogP contribution in [-0.4, -0.2) is 15.0 Å². The molecule has 0 radical (unpaired) electrons. The Hall–Kier alpha value is -1.72. The Morgan fingerprint density at radius 1 is 1.21 bits per heavy atom. The Bertz CT molecular complexity index is 492.